The van der Waals surface area contributed by atoms with Gasteiger partial charge in [0.2, 0.25) is 11.8 Å². The molecule has 1 fully saturated rings. The van der Waals surface area contributed by atoms with E-state index in [9.17, 15) is 14.4 Å². The van der Waals surface area contributed by atoms with Gasteiger partial charge in [-0.25, -0.2) is 14.3 Å². The molecule has 0 spiro atoms. The molecular formula is C26H28N4O6S. The largest absolute Gasteiger partial charge is 0.496 e. The van der Waals surface area contributed by atoms with Gasteiger partial charge < -0.3 is 19.2 Å². The quantitative estimate of drug-likeness (QED) is 0.375. The average molecular weight is 525 g/mol. The van der Waals surface area contributed by atoms with Crippen molar-refractivity contribution in [1.82, 2.24) is 19.4 Å². The zero-order valence-corrected chi connectivity index (χ0v) is 21.7. The molecule has 11 heteroatoms. The fourth-order valence-corrected chi connectivity index (χ4v) is 6.12. The number of hydrogen-bond acceptors (Lipinski definition) is 8. The first-order valence-corrected chi connectivity index (χ1v) is 13.0. The lowest BCUT2D eigenvalue weighted by Gasteiger charge is -2.25. The number of rotatable bonds is 8. The number of ether oxygens (including phenoxy) is 2. The van der Waals surface area contributed by atoms with Gasteiger partial charge in [-0.15, -0.1) is 11.3 Å². The minimum Gasteiger partial charge on any atom is -0.496 e. The predicted molar refractivity (Wildman–Crippen MR) is 139 cm³/mol. The summed E-state index contributed by atoms with van der Waals surface area (Å²) in [4.78, 5) is 46.0. The second kappa shape index (κ2) is 10.3. The standard InChI is InChI=1S/C26H28N4O6S/c1-4-35-19(16-8-5-6-10-18(16)34-3)14-29-25-20(15(2)21(37-25)23-28-12-13-36-23)24(32)30(26(29)33)17-9-7-11-27-22(17)31/h5-6,8,10,12-13,17,19H,4,7,9,11,14H2,1-3H3,(H,27,31)/t17?,19-/m0/s1. The molecule has 1 amide bonds. The summed E-state index contributed by atoms with van der Waals surface area (Å²) in [5.41, 5.74) is 0.382. The van der Waals surface area contributed by atoms with Crippen molar-refractivity contribution >= 4 is 27.5 Å². The van der Waals surface area contributed by atoms with Crippen LogP contribution in [0.2, 0.25) is 0 Å². The highest BCUT2D eigenvalue weighted by Crippen LogP contribution is 2.37. The number of nitrogens with one attached hydrogen (secondary N) is 1. The minimum atomic E-state index is -0.884. The van der Waals surface area contributed by atoms with E-state index in [1.54, 1.807) is 14.0 Å². The summed E-state index contributed by atoms with van der Waals surface area (Å²) in [6.07, 6.45) is 3.53. The van der Waals surface area contributed by atoms with E-state index < -0.39 is 23.4 Å². The fourth-order valence-electron chi connectivity index (χ4n) is 4.88. The van der Waals surface area contributed by atoms with Crippen LogP contribution in [0, 0.1) is 6.92 Å². The van der Waals surface area contributed by atoms with Crippen molar-refractivity contribution in [2.45, 2.75) is 45.4 Å². The molecule has 0 radical (unpaired) electrons. The second-order valence-electron chi connectivity index (χ2n) is 8.78. The van der Waals surface area contributed by atoms with Crippen LogP contribution in [0.15, 0.2) is 50.7 Å². The molecule has 1 aliphatic heterocycles. The second-order valence-corrected chi connectivity index (χ2v) is 9.78. The Kier molecular flexibility index (Phi) is 6.98. The molecule has 5 rings (SSSR count). The van der Waals surface area contributed by atoms with Gasteiger partial charge in [-0.05, 0) is 38.3 Å². The van der Waals surface area contributed by atoms with Crippen molar-refractivity contribution in [3.8, 4) is 16.5 Å². The van der Waals surface area contributed by atoms with Crippen LogP contribution in [0.25, 0.3) is 21.0 Å². The summed E-state index contributed by atoms with van der Waals surface area (Å²) in [6.45, 7) is 4.72. The number of hydrogen-bond donors (Lipinski definition) is 1. The molecule has 1 unspecified atom stereocenters. The van der Waals surface area contributed by atoms with Crippen molar-refractivity contribution in [2.24, 2.45) is 0 Å². The van der Waals surface area contributed by atoms with Gasteiger partial charge >= 0.3 is 5.69 Å². The fraction of sp³-hybridized carbons (Fsp3) is 0.385. The number of carbonyl (C=O) groups excluding carboxylic acids is 1. The molecule has 1 N–H and O–H groups in total. The maximum Gasteiger partial charge on any atom is 0.332 e. The first-order chi connectivity index (χ1) is 18.0. The Morgan fingerprint density at radius 3 is 2.78 bits per heavy atom. The molecule has 37 heavy (non-hydrogen) atoms. The van der Waals surface area contributed by atoms with Gasteiger partial charge in [-0.2, -0.15) is 0 Å². The monoisotopic (exact) mass is 524 g/mol. The van der Waals surface area contributed by atoms with Crippen molar-refractivity contribution in [3.05, 3.63) is 68.7 Å². The highest BCUT2D eigenvalue weighted by Gasteiger charge is 2.31. The Morgan fingerprint density at radius 1 is 1.27 bits per heavy atom. The number of nitrogens with zero attached hydrogens (tertiary/aromatic N) is 3. The van der Waals surface area contributed by atoms with E-state index in [4.69, 9.17) is 13.9 Å². The van der Waals surface area contributed by atoms with Crippen LogP contribution in [-0.4, -0.2) is 40.3 Å². The molecule has 4 aromatic rings. The molecule has 194 valence electrons. The summed E-state index contributed by atoms with van der Waals surface area (Å²) in [5.74, 6) is 0.668. The summed E-state index contributed by atoms with van der Waals surface area (Å²) < 4.78 is 19.8. The number of methoxy groups -OCH3 is 1. The molecular weight excluding hydrogens is 496 g/mol. The smallest absolute Gasteiger partial charge is 0.332 e. The number of fused-ring (bicyclic) bond motifs is 1. The first-order valence-electron chi connectivity index (χ1n) is 12.2. The summed E-state index contributed by atoms with van der Waals surface area (Å²) in [6, 6.07) is 6.59. The van der Waals surface area contributed by atoms with Gasteiger partial charge in [-0.1, -0.05) is 18.2 Å². The van der Waals surface area contributed by atoms with Crippen LogP contribution in [0.4, 0.5) is 0 Å². The van der Waals surface area contributed by atoms with E-state index in [1.165, 1.54) is 28.4 Å². The van der Waals surface area contributed by atoms with E-state index in [0.717, 1.165) is 10.1 Å². The van der Waals surface area contributed by atoms with Gasteiger partial charge in [0, 0.05) is 18.7 Å². The number of amides is 1. The molecule has 1 saturated heterocycles. The van der Waals surface area contributed by atoms with Crippen molar-refractivity contribution < 1.29 is 18.7 Å². The average Bonchev–Trinajstić information content (AvgIpc) is 3.55. The van der Waals surface area contributed by atoms with Crippen molar-refractivity contribution in [2.75, 3.05) is 20.3 Å². The molecule has 0 aliphatic carbocycles. The zero-order chi connectivity index (χ0) is 26.1. The van der Waals surface area contributed by atoms with Gasteiger partial charge in [0.15, 0.2) is 0 Å². The minimum absolute atomic E-state index is 0.114. The Morgan fingerprint density at radius 2 is 2.08 bits per heavy atom. The topological polar surface area (TPSA) is 118 Å². The van der Waals surface area contributed by atoms with Crippen LogP contribution < -0.4 is 21.3 Å². The third-order valence-electron chi connectivity index (χ3n) is 6.64. The third-order valence-corrected chi connectivity index (χ3v) is 7.94. The maximum absolute atomic E-state index is 14.0. The van der Waals surface area contributed by atoms with E-state index in [1.807, 2.05) is 31.2 Å². The third kappa shape index (κ3) is 4.38. The number of benzene rings is 1. The molecule has 1 aliphatic rings. The van der Waals surface area contributed by atoms with Crippen molar-refractivity contribution in [1.29, 1.82) is 0 Å². The number of oxazole rings is 1. The van der Waals surface area contributed by atoms with Crippen molar-refractivity contribution in [3.63, 3.8) is 0 Å². The molecule has 0 saturated carbocycles. The van der Waals surface area contributed by atoms with Gasteiger partial charge in [-0.3, -0.25) is 14.2 Å². The lowest BCUT2D eigenvalue weighted by molar-refractivity contribution is -0.126. The van der Waals surface area contributed by atoms with Crippen LogP contribution in [0.5, 0.6) is 5.75 Å². The SMILES string of the molecule is CCO[C@@H](Cn1c(=O)n(C2CCCNC2=O)c(=O)c2c(C)c(-c3ncco3)sc21)c1ccccc1OC. The molecule has 4 heterocycles. The number of piperidine rings is 1. The zero-order valence-electron chi connectivity index (χ0n) is 20.9. The lowest BCUT2D eigenvalue weighted by Crippen LogP contribution is -2.49. The predicted octanol–water partition coefficient (Wildman–Crippen LogP) is 3.43. The van der Waals surface area contributed by atoms with Gasteiger partial charge in [0.1, 0.15) is 29.0 Å². The lowest BCUT2D eigenvalue weighted by atomic mass is 10.1. The van der Waals surface area contributed by atoms with Crippen LogP contribution in [0.3, 0.4) is 0 Å². The van der Waals surface area contributed by atoms with Gasteiger partial charge in [0.25, 0.3) is 5.56 Å². The van der Waals surface area contributed by atoms with Gasteiger partial charge in [0.05, 0.1) is 30.1 Å². The molecule has 0 bridgehead atoms. The highest BCUT2D eigenvalue weighted by molar-refractivity contribution is 7.22. The number of thiophene rings is 1. The Bertz CT molecular complexity index is 1550. The van der Waals surface area contributed by atoms with Crippen LogP contribution in [-0.2, 0) is 16.1 Å². The summed E-state index contributed by atoms with van der Waals surface area (Å²) in [7, 11) is 1.58. The molecule has 2 atom stereocenters. The molecule has 1 aromatic carbocycles. The maximum atomic E-state index is 14.0. The number of aromatic nitrogens is 3. The van der Waals surface area contributed by atoms with E-state index in [2.05, 4.69) is 10.3 Å². The van der Waals surface area contributed by atoms with Crippen LogP contribution in [0.1, 0.15) is 43.0 Å². The normalized spacial score (nSPS) is 16.6. The van der Waals surface area contributed by atoms with E-state index >= 15 is 0 Å². The van der Waals surface area contributed by atoms with Crippen LogP contribution >= 0.6 is 11.3 Å². The summed E-state index contributed by atoms with van der Waals surface area (Å²) >= 11 is 1.26. The number of para-hydroxylation sites is 1. The number of aryl methyl sites for hydroxylation is 1. The van der Waals surface area contributed by atoms with E-state index in [0.29, 0.717) is 58.3 Å². The molecule has 10 nitrogen and oxygen atoms in total. The Hall–Kier alpha value is -3.70. The Labute approximate surface area is 216 Å². The van der Waals surface area contributed by atoms with E-state index in [-0.39, 0.29) is 12.5 Å². The first kappa shape index (κ1) is 25.0. The highest BCUT2D eigenvalue weighted by atomic mass is 32.1. The Balaban J connectivity index is 1.77. The number of carbonyl (C=O) groups is 1. The summed E-state index contributed by atoms with van der Waals surface area (Å²) in [5, 5.41) is 3.15. The molecule has 3 aromatic heterocycles.